The Bertz CT molecular complexity index is 344. The van der Waals surface area contributed by atoms with E-state index in [1.807, 2.05) is 20.8 Å². The summed E-state index contributed by atoms with van der Waals surface area (Å²) in [5, 5.41) is 4.02. The molecule has 5 heteroatoms. The molecule has 17 heavy (non-hydrogen) atoms. The molecule has 0 saturated heterocycles. The fourth-order valence-corrected chi connectivity index (χ4v) is 0.841. The van der Waals surface area contributed by atoms with Gasteiger partial charge in [-0.1, -0.05) is 13.8 Å². The van der Waals surface area contributed by atoms with Crippen molar-refractivity contribution in [2.24, 2.45) is 11.0 Å². The highest BCUT2D eigenvalue weighted by atomic mass is 16.5. The van der Waals surface area contributed by atoms with Gasteiger partial charge >= 0.3 is 5.97 Å². The second-order valence-corrected chi connectivity index (χ2v) is 3.87. The number of nitrogens with zero attached hydrogens (tertiary/aromatic N) is 1. The van der Waals surface area contributed by atoms with Crippen LogP contribution in [0.5, 0.6) is 0 Å². The van der Waals surface area contributed by atoms with Gasteiger partial charge < -0.3 is 4.74 Å². The average Bonchev–Trinajstić information content (AvgIpc) is 2.23. The number of Topliss-reactive ketones (excluding diaryl/α,β-unsaturated/α-hetero) is 1. The fraction of sp³-hybridized carbons (Fsp3) is 0.583. The molecule has 0 aliphatic rings. The molecule has 0 amide bonds. The zero-order valence-electron chi connectivity index (χ0n) is 11.0. The van der Waals surface area contributed by atoms with Crippen molar-refractivity contribution in [1.82, 2.24) is 5.43 Å². The second-order valence-electron chi connectivity index (χ2n) is 3.87. The lowest BCUT2D eigenvalue weighted by Gasteiger charge is -2.05. The van der Waals surface area contributed by atoms with Crippen LogP contribution in [0.2, 0.25) is 0 Å². The van der Waals surface area contributed by atoms with E-state index in [0.29, 0.717) is 5.92 Å². The Kier molecular flexibility index (Phi) is 6.86. The van der Waals surface area contributed by atoms with Crippen molar-refractivity contribution in [2.45, 2.75) is 34.6 Å². The molecule has 0 unspecified atom stereocenters. The Morgan fingerprint density at radius 1 is 1.35 bits per heavy atom. The number of carbonyl (C=O) groups excluding carboxylic acids is 2. The molecule has 0 aromatic carbocycles. The number of esters is 1. The van der Waals surface area contributed by atoms with Gasteiger partial charge in [-0.3, -0.25) is 10.2 Å². The van der Waals surface area contributed by atoms with Crippen molar-refractivity contribution in [2.75, 3.05) is 6.61 Å². The van der Waals surface area contributed by atoms with Crippen LogP contribution in [0.15, 0.2) is 16.9 Å². The van der Waals surface area contributed by atoms with Crippen LogP contribution in [-0.2, 0) is 14.3 Å². The van der Waals surface area contributed by atoms with Crippen LogP contribution in [0, 0.1) is 5.92 Å². The summed E-state index contributed by atoms with van der Waals surface area (Å²) in [5.74, 6) is -0.683. The van der Waals surface area contributed by atoms with E-state index in [1.165, 1.54) is 13.1 Å². The molecular weight excluding hydrogens is 220 g/mol. The summed E-state index contributed by atoms with van der Waals surface area (Å²) in [6.45, 7) is 9.09. The minimum absolute atomic E-state index is 0.0350. The molecule has 0 rings (SSSR count). The minimum atomic E-state index is -0.634. The number of hydrogen-bond acceptors (Lipinski definition) is 5. The van der Waals surface area contributed by atoms with Gasteiger partial charge in [-0.25, -0.2) is 4.79 Å². The zero-order chi connectivity index (χ0) is 13.4. The van der Waals surface area contributed by atoms with Gasteiger partial charge in [0.1, 0.15) is 5.57 Å². The molecule has 0 aromatic heterocycles. The van der Waals surface area contributed by atoms with Crippen LogP contribution in [-0.4, -0.2) is 24.1 Å². The molecule has 0 aliphatic carbocycles. The van der Waals surface area contributed by atoms with E-state index < -0.39 is 5.97 Å². The van der Waals surface area contributed by atoms with E-state index >= 15 is 0 Å². The van der Waals surface area contributed by atoms with Crippen molar-refractivity contribution in [3.63, 3.8) is 0 Å². The van der Waals surface area contributed by atoms with Gasteiger partial charge in [0.05, 0.1) is 6.61 Å². The minimum Gasteiger partial charge on any atom is -0.462 e. The average molecular weight is 240 g/mol. The Labute approximate surface area is 102 Å². The third-order valence-corrected chi connectivity index (χ3v) is 2.16. The smallest absolute Gasteiger partial charge is 0.343 e. The predicted octanol–water partition coefficient (Wildman–Crippen LogP) is 1.64. The van der Waals surface area contributed by atoms with Crippen LogP contribution >= 0.6 is 0 Å². The summed E-state index contributed by atoms with van der Waals surface area (Å²) in [7, 11) is 0. The normalized spacial score (nSPS) is 12.6. The maximum absolute atomic E-state index is 11.4. The number of rotatable bonds is 6. The first-order chi connectivity index (χ1) is 7.90. The van der Waals surface area contributed by atoms with E-state index in [0.717, 1.165) is 5.71 Å². The fourth-order valence-electron chi connectivity index (χ4n) is 0.841. The molecule has 1 N–H and O–H groups in total. The summed E-state index contributed by atoms with van der Waals surface area (Å²) in [6, 6.07) is 0. The third kappa shape index (κ3) is 5.85. The molecule has 96 valence electrons. The van der Waals surface area contributed by atoms with Crippen LogP contribution < -0.4 is 5.43 Å². The monoisotopic (exact) mass is 240 g/mol. The summed E-state index contributed by atoms with van der Waals surface area (Å²) in [5.41, 5.74) is 3.44. The maximum Gasteiger partial charge on any atom is 0.343 e. The molecular formula is C12H20N2O3. The van der Waals surface area contributed by atoms with Crippen molar-refractivity contribution in [3.05, 3.63) is 11.8 Å². The number of ketones is 1. The number of carbonyl (C=O) groups is 2. The van der Waals surface area contributed by atoms with Crippen LogP contribution in [0.1, 0.15) is 34.6 Å². The van der Waals surface area contributed by atoms with E-state index in [9.17, 15) is 9.59 Å². The SMILES string of the molecule is CCOC(=O)/C(=C/N/N=C(\C)C(C)C)C(C)=O. The quantitative estimate of drug-likeness (QED) is 0.191. The van der Waals surface area contributed by atoms with Gasteiger partial charge in [-0.2, -0.15) is 5.10 Å². The van der Waals surface area contributed by atoms with Crippen molar-refractivity contribution in [3.8, 4) is 0 Å². The lowest BCUT2D eigenvalue weighted by molar-refractivity contribution is -0.139. The molecule has 5 nitrogen and oxygen atoms in total. The number of hydrogen-bond donors (Lipinski definition) is 1. The molecule has 0 heterocycles. The van der Waals surface area contributed by atoms with Gasteiger partial charge in [-0.05, 0) is 26.7 Å². The lowest BCUT2D eigenvalue weighted by atomic mass is 10.1. The Morgan fingerprint density at radius 3 is 2.35 bits per heavy atom. The Balaban J connectivity index is 4.68. The summed E-state index contributed by atoms with van der Waals surface area (Å²) in [6.07, 6.45) is 1.27. The standard InChI is InChI=1S/C12H20N2O3/c1-6-17-12(16)11(10(5)15)7-13-14-9(4)8(2)3/h7-8,13H,6H2,1-5H3/b11-7+,14-9+. The van der Waals surface area contributed by atoms with Gasteiger partial charge in [0.25, 0.3) is 0 Å². The van der Waals surface area contributed by atoms with Crippen molar-refractivity contribution < 1.29 is 14.3 Å². The Morgan fingerprint density at radius 2 is 1.94 bits per heavy atom. The molecule has 0 aromatic rings. The molecule has 0 aliphatic heterocycles. The molecule has 0 fully saturated rings. The number of nitrogens with one attached hydrogen (secondary N) is 1. The van der Waals surface area contributed by atoms with Gasteiger partial charge in [0, 0.05) is 11.9 Å². The van der Waals surface area contributed by atoms with E-state index in [-0.39, 0.29) is 18.0 Å². The van der Waals surface area contributed by atoms with E-state index in [4.69, 9.17) is 4.74 Å². The molecule has 0 saturated carbocycles. The third-order valence-electron chi connectivity index (χ3n) is 2.16. The van der Waals surface area contributed by atoms with Gasteiger partial charge in [0.2, 0.25) is 0 Å². The maximum atomic E-state index is 11.4. The number of ether oxygens (including phenoxy) is 1. The van der Waals surface area contributed by atoms with Crippen LogP contribution in [0.25, 0.3) is 0 Å². The highest BCUT2D eigenvalue weighted by molar-refractivity contribution is 6.16. The largest absolute Gasteiger partial charge is 0.462 e. The van der Waals surface area contributed by atoms with E-state index in [2.05, 4.69) is 10.5 Å². The predicted molar refractivity (Wildman–Crippen MR) is 66.5 cm³/mol. The van der Waals surface area contributed by atoms with Crippen LogP contribution in [0.3, 0.4) is 0 Å². The zero-order valence-corrected chi connectivity index (χ0v) is 11.0. The highest BCUT2D eigenvalue weighted by Gasteiger charge is 2.15. The number of hydrazone groups is 1. The second kappa shape index (κ2) is 7.60. The summed E-state index contributed by atoms with van der Waals surface area (Å²) >= 11 is 0. The summed E-state index contributed by atoms with van der Waals surface area (Å²) < 4.78 is 4.75. The molecule has 0 radical (unpaired) electrons. The van der Waals surface area contributed by atoms with Crippen molar-refractivity contribution >= 4 is 17.5 Å². The molecule has 0 atom stereocenters. The van der Waals surface area contributed by atoms with Gasteiger partial charge in [0.15, 0.2) is 5.78 Å². The molecule has 0 spiro atoms. The highest BCUT2D eigenvalue weighted by Crippen LogP contribution is 1.99. The first-order valence-electron chi connectivity index (χ1n) is 5.58. The van der Waals surface area contributed by atoms with Crippen LogP contribution in [0.4, 0.5) is 0 Å². The van der Waals surface area contributed by atoms with E-state index in [1.54, 1.807) is 6.92 Å². The lowest BCUT2D eigenvalue weighted by Crippen LogP contribution is -2.17. The Hall–Kier alpha value is -1.65. The topological polar surface area (TPSA) is 67.8 Å². The summed E-state index contributed by atoms with van der Waals surface area (Å²) in [4.78, 5) is 22.6. The first kappa shape index (κ1) is 15.3. The molecule has 0 bridgehead atoms. The first-order valence-corrected chi connectivity index (χ1v) is 5.58. The van der Waals surface area contributed by atoms with Gasteiger partial charge in [-0.15, -0.1) is 0 Å². The van der Waals surface area contributed by atoms with Crippen molar-refractivity contribution in [1.29, 1.82) is 0 Å².